The van der Waals surface area contributed by atoms with Gasteiger partial charge in [0.2, 0.25) is 0 Å². The first-order chi connectivity index (χ1) is 6.72. The molecule has 0 aliphatic carbocycles. The van der Waals surface area contributed by atoms with Gasteiger partial charge in [-0.05, 0) is 32.1 Å². The minimum Gasteiger partial charge on any atom is -0.285 e. The van der Waals surface area contributed by atoms with Gasteiger partial charge in [-0.1, -0.05) is 20.3 Å². The van der Waals surface area contributed by atoms with Crippen LogP contribution in [0.5, 0.6) is 0 Å². The van der Waals surface area contributed by atoms with Crippen molar-refractivity contribution in [1.82, 2.24) is 4.90 Å². The lowest BCUT2D eigenvalue weighted by Crippen LogP contribution is -2.47. The Hall–Kier alpha value is -0.550. The molecule has 0 N–H and O–H groups in total. The van der Waals surface area contributed by atoms with Crippen LogP contribution in [0.1, 0.15) is 46.5 Å². The molecule has 0 bridgehead atoms. The lowest BCUT2D eigenvalue weighted by molar-refractivity contribution is 0.0901. The summed E-state index contributed by atoms with van der Waals surface area (Å²) in [5, 5.41) is 9.06. The first kappa shape index (κ1) is 11.5. The van der Waals surface area contributed by atoms with Crippen LogP contribution in [0.25, 0.3) is 0 Å². The second-order valence-electron chi connectivity index (χ2n) is 4.45. The van der Waals surface area contributed by atoms with Crippen LogP contribution in [0, 0.1) is 17.2 Å². The smallest absolute Gasteiger partial charge is 0.0977 e. The van der Waals surface area contributed by atoms with Crippen LogP contribution < -0.4 is 0 Å². The van der Waals surface area contributed by atoms with E-state index in [-0.39, 0.29) is 6.04 Å². The van der Waals surface area contributed by atoms with Gasteiger partial charge in [0.1, 0.15) is 0 Å². The molecule has 14 heavy (non-hydrogen) atoms. The van der Waals surface area contributed by atoms with Gasteiger partial charge >= 0.3 is 0 Å². The van der Waals surface area contributed by atoms with Gasteiger partial charge < -0.3 is 0 Å². The normalized spacial score (nSPS) is 31.0. The fraction of sp³-hybridized carbons (Fsp3) is 0.917. The number of nitriles is 1. The fourth-order valence-electron chi connectivity index (χ4n) is 2.38. The fourth-order valence-corrected chi connectivity index (χ4v) is 2.38. The maximum Gasteiger partial charge on any atom is 0.0977 e. The molecule has 1 rings (SSSR count). The predicted molar refractivity (Wildman–Crippen MR) is 58.9 cm³/mol. The van der Waals surface area contributed by atoms with Crippen LogP contribution in [0.4, 0.5) is 0 Å². The minimum atomic E-state index is 0.138. The van der Waals surface area contributed by atoms with E-state index in [1.807, 2.05) is 0 Å². The van der Waals surface area contributed by atoms with E-state index in [2.05, 4.69) is 31.7 Å². The van der Waals surface area contributed by atoms with Gasteiger partial charge in [0.15, 0.2) is 0 Å². The van der Waals surface area contributed by atoms with Crippen molar-refractivity contribution in [2.75, 3.05) is 6.54 Å². The van der Waals surface area contributed by atoms with Crippen molar-refractivity contribution < 1.29 is 0 Å². The van der Waals surface area contributed by atoms with E-state index in [1.165, 1.54) is 19.3 Å². The van der Waals surface area contributed by atoms with Gasteiger partial charge in [-0.15, -0.1) is 0 Å². The topological polar surface area (TPSA) is 27.0 Å². The van der Waals surface area contributed by atoms with Crippen LogP contribution >= 0.6 is 0 Å². The van der Waals surface area contributed by atoms with Gasteiger partial charge in [-0.3, -0.25) is 4.90 Å². The molecular weight excluding hydrogens is 172 g/mol. The summed E-state index contributed by atoms with van der Waals surface area (Å²) in [5.74, 6) is 0.814. The van der Waals surface area contributed by atoms with Crippen LogP contribution in [0.3, 0.4) is 0 Å². The van der Waals surface area contributed by atoms with Crippen molar-refractivity contribution in [2.24, 2.45) is 5.92 Å². The number of hydrogen-bond donors (Lipinski definition) is 0. The molecule has 3 atom stereocenters. The van der Waals surface area contributed by atoms with Crippen LogP contribution in [-0.2, 0) is 0 Å². The third kappa shape index (κ3) is 2.48. The second-order valence-corrected chi connectivity index (χ2v) is 4.45. The Kier molecular flexibility index (Phi) is 4.41. The second kappa shape index (κ2) is 5.36. The highest BCUT2D eigenvalue weighted by atomic mass is 15.2. The number of nitrogens with zero attached hydrogens (tertiary/aromatic N) is 2. The number of hydrogen-bond acceptors (Lipinski definition) is 2. The molecule has 0 saturated carbocycles. The van der Waals surface area contributed by atoms with Gasteiger partial charge in [-0.25, -0.2) is 0 Å². The summed E-state index contributed by atoms with van der Waals surface area (Å²) < 4.78 is 0. The number of rotatable bonds is 3. The Morgan fingerprint density at radius 3 is 2.64 bits per heavy atom. The molecule has 1 fully saturated rings. The van der Waals surface area contributed by atoms with Crippen molar-refractivity contribution in [2.45, 2.75) is 58.5 Å². The van der Waals surface area contributed by atoms with Crippen LogP contribution in [-0.4, -0.2) is 23.5 Å². The molecule has 2 heteroatoms. The summed E-state index contributed by atoms with van der Waals surface area (Å²) in [6.07, 6.45) is 4.81. The minimum absolute atomic E-state index is 0.138. The summed E-state index contributed by atoms with van der Waals surface area (Å²) in [7, 11) is 0. The van der Waals surface area contributed by atoms with Crippen LogP contribution in [0.15, 0.2) is 0 Å². The molecule has 1 aliphatic heterocycles. The molecule has 0 aromatic heterocycles. The van der Waals surface area contributed by atoms with Crippen molar-refractivity contribution in [3.63, 3.8) is 0 Å². The summed E-state index contributed by atoms with van der Waals surface area (Å²) in [6, 6.07) is 3.16. The highest BCUT2D eigenvalue weighted by Crippen LogP contribution is 2.26. The van der Waals surface area contributed by atoms with Gasteiger partial charge in [0.05, 0.1) is 12.1 Å². The number of likely N-dealkylation sites (tertiary alicyclic amines) is 1. The third-order valence-corrected chi connectivity index (χ3v) is 3.54. The molecule has 0 amide bonds. The Balaban J connectivity index is 2.60. The van der Waals surface area contributed by atoms with Crippen molar-refractivity contribution in [3.8, 4) is 6.07 Å². The first-order valence-electron chi connectivity index (χ1n) is 5.88. The number of piperidine rings is 1. The molecule has 2 nitrogen and oxygen atoms in total. The molecular formula is C12H22N2. The van der Waals surface area contributed by atoms with E-state index in [0.29, 0.717) is 6.04 Å². The molecule has 3 unspecified atom stereocenters. The van der Waals surface area contributed by atoms with Crippen molar-refractivity contribution >= 4 is 0 Å². The SMILES string of the molecule is CCC1CCC(C)N(C(C#N)CC)C1. The molecule has 1 saturated heterocycles. The third-order valence-electron chi connectivity index (χ3n) is 3.54. The van der Waals surface area contributed by atoms with Gasteiger partial charge in [-0.2, -0.15) is 5.26 Å². The largest absolute Gasteiger partial charge is 0.285 e. The standard InChI is InChI=1S/C12H22N2/c1-4-11-7-6-10(3)14(9-11)12(5-2)8-13/h10-12H,4-7,9H2,1-3H3. The molecule has 0 aromatic carbocycles. The maximum atomic E-state index is 9.06. The molecule has 1 heterocycles. The van der Waals surface area contributed by atoms with Crippen molar-refractivity contribution in [1.29, 1.82) is 5.26 Å². The van der Waals surface area contributed by atoms with E-state index in [9.17, 15) is 0 Å². The molecule has 0 aromatic rings. The Labute approximate surface area is 87.9 Å². The van der Waals surface area contributed by atoms with E-state index in [0.717, 1.165) is 18.9 Å². The Morgan fingerprint density at radius 2 is 2.14 bits per heavy atom. The zero-order chi connectivity index (χ0) is 10.6. The van der Waals surface area contributed by atoms with E-state index in [4.69, 9.17) is 5.26 Å². The first-order valence-corrected chi connectivity index (χ1v) is 5.88. The quantitative estimate of drug-likeness (QED) is 0.690. The zero-order valence-corrected chi connectivity index (χ0v) is 9.66. The van der Waals surface area contributed by atoms with E-state index in [1.54, 1.807) is 0 Å². The summed E-state index contributed by atoms with van der Waals surface area (Å²) >= 11 is 0. The molecule has 80 valence electrons. The van der Waals surface area contributed by atoms with Crippen molar-refractivity contribution in [3.05, 3.63) is 0 Å². The highest BCUT2D eigenvalue weighted by Gasteiger charge is 2.28. The Morgan fingerprint density at radius 1 is 1.43 bits per heavy atom. The summed E-state index contributed by atoms with van der Waals surface area (Å²) in [4.78, 5) is 2.40. The Bertz CT molecular complexity index is 207. The van der Waals surface area contributed by atoms with E-state index >= 15 is 0 Å². The zero-order valence-electron chi connectivity index (χ0n) is 9.66. The van der Waals surface area contributed by atoms with E-state index < -0.39 is 0 Å². The summed E-state index contributed by atoms with van der Waals surface area (Å²) in [6.45, 7) is 7.75. The van der Waals surface area contributed by atoms with Gasteiger partial charge in [0.25, 0.3) is 0 Å². The predicted octanol–water partition coefficient (Wildman–Crippen LogP) is 2.80. The van der Waals surface area contributed by atoms with Crippen LogP contribution in [0.2, 0.25) is 0 Å². The maximum absolute atomic E-state index is 9.06. The molecule has 0 spiro atoms. The lowest BCUT2D eigenvalue weighted by Gasteiger charge is -2.40. The summed E-state index contributed by atoms with van der Waals surface area (Å²) in [5.41, 5.74) is 0. The molecule has 1 aliphatic rings. The highest BCUT2D eigenvalue weighted by molar-refractivity contribution is 4.95. The lowest BCUT2D eigenvalue weighted by atomic mass is 9.90. The average Bonchev–Trinajstić information content (AvgIpc) is 2.22. The molecule has 0 radical (unpaired) electrons. The monoisotopic (exact) mass is 194 g/mol. The average molecular weight is 194 g/mol. The van der Waals surface area contributed by atoms with Gasteiger partial charge in [0, 0.05) is 12.6 Å².